The maximum atomic E-state index is 15.4. The molecule has 3 aliphatic rings. The Bertz CT molecular complexity index is 1100. The van der Waals surface area contributed by atoms with Crippen LogP contribution in [0.5, 0.6) is 0 Å². The number of piperidine rings is 1. The molecule has 2 aromatic carbocycles. The molecular weight excluding hydrogens is 491 g/mol. The number of nitrogens with zero attached hydrogens (tertiary/aromatic N) is 1. The topological polar surface area (TPSA) is 0 Å². The van der Waals surface area contributed by atoms with Gasteiger partial charge in [0.25, 0.3) is 6.28 Å². The number of halogens is 10. The number of hydrogen-bond donors (Lipinski definition) is 0. The quantitative estimate of drug-likeness (QED) is 0.218. The van der Waals surface area contributed by atoms with Gasteiger partial charge < -0.3 is 4.39 Å². The van der Waals surface area contributed by atoms with E-state index in [0.29, 0.717) is 38.5 Å². The van der Waals surface area contributed by atoms with E-state index in [1.165, 1.54) is 0 Å². The number of fused-ring (bicyclic) bond motifs is 2. The summed E-state index contributed by atoms with van der Waals surface area (Å²) in [6, 6.07) is -0.464. The van der Waals surface area contributed by atoms with Crippen molar-refractivity contribution in [3.8, 4) is 0 Å². The minimum Gasteiger partial charge on any atom is -0.507 e. The van der Waals surface area contributed by atoms with E-state index in [9.17, 15) is 26.3 Å². The number of quaternary nitrogens is 1. The van der Waals surface area contributed by atoms with Crippen molar-refractivity contribution in [3.05, 3.63) is 58.2 Å². The summed E-state index contributed by atoms with van der Waals surface area (Å²) in [5.41, 5.74) is -2.93. The van der Waals surface area contributed by atoms with Crippen molar-refractivity contribution in [1.82, 2.24) is 0 Å². The summed E-state index contributed by atoms with van der Waals surface area (Å²) in [6.07, 6.45) is -0.651. The Kier molecular flexibility index (Phi) is 5.69. The van der Waals surface area contributed by atoms with E-state index in [-0.39, 0.29) is 19.5 Å². The fraction of sp³-hybridized carbons (Fsp3) is 0.478. The van der Waals surface area contributed by atoms with Crippen molar-refractivity contribution < 1.29 is 48.3 Å². The van der Waals surface area contributed by atoms with Crippen LogP contribution in [0.3, 0.4) is 0 Å². The van der Waals surface area contributed by atoms with Gasteiger partial charge in [0.1, 0.15) is 23.3 Å². The monoisotopic (exact) mass is 511 g/mol. The molecule has 2 heterocycles. The molecule has 1 saturated carbocycles. The highest BCUT2D eigenvalue weighted by Gasteiger charge is 2.72. The lowest BCUT2D eigenvalue weighted by Gasteiger charge is -2.80. The highest BCUT2D eigenvalue weighted by molar-refractivity contribution is 6.99. The second-order valence-electron chi connectivity index (χ2n) is 9.98. The summed E-state index contributed by atoms with van der Waals surface area (Å²) in [4.78, 5) is 0. The zero-order valence-electron chi connectivity index (χ0n) is 18.3. The van der Waals surface area contributed by atoms with Crippen molar-refractivity contribution in [1.29, 1.82) is 0 Å². The maximum absolute atomic E-state index is 15.4. The van der Waals surface area contributed by atoms with Gasteiger partial charge in [-0.05, 0) is 32.1 Å². The first-order valence-electron chi connectivity index (χ1n) is 11.6. The van der Waals surface area contributed by atoms with Crippen LogP contribution in [0.1, 0.15) is 44.9 Å². The lowest BCUT2D eigenvalue weighted by Crippen LogP contribution is -2.96. The average molecular weight is 511 g/mol. The molecule has 35 heavy (non-hydrogen) atoms. The van der Waals surface area contributed by atoms with Crippen LogP contribution < -0.4 is 10.9 Å². The molecule has 3 fully saturated rings. The standard InChI is InChI=1S/C23H20BF10N/c25-14-12(15(26)19(30)22(33)18(14)29)24(13-16(27)20(31)23(34)21(32)17(13)28)10-6-2-3-7-11(10)35(24)8-4-1-5-9-35/h10-11H,1-9H2/t10-,11-/m1/s1. The van der Waals surface area contributed by atoms with Gasteiger partial charge in [0.15, 0.2) is 34.9 Å². The Balaban J connectivity index is 1.99. The molecule has 0 bridgehead atoms. The molecule has 1 aliphatic carbocycles. The van der Waals surface area contributed by atoms with E-state index in [0.717, 1.165) is 0 Å². The minimum atomic E-state index is -3.69. The first-order chi connectivity index (χ1) is 16.5. The molecule has 5 rings (SSSR count). The van der Waals surface area contributed by atoms with Crippen LogP contribution >= 0.6 is 0 Å². The van der Waals surface area contributed by atoms with Crippen molar-refractivity contribution in [2.75, 3.05) is 13.1 Å². The smallest absolute Gasteiger partial charge is 0.284 e. The van der Waals surface area contributed by atoms with Crippen LogP contribution in [0.2, 0.25) is 5.82 Å². The van der Waals surface area contributed by atoms with Crippen LogP contribution in [0, 0.1) is 58.2 Å². The van der Waals surface area contributed by atoms with Crippen LogP contribution in [0.25, 0.3) is 0 Å². The predicted octanol–water partition coefficient (Wildman–Crippen LogP) is 5.46. The molecule has 1 nitrogen and oxygen atoms in total. The van der Waals surface area contributed by atoms with Crippen molar-refractivity contribution in [2.45, 2.75) is 56.8 Å². The lowest BCUT2D eigenvalue weighted by molar-refractivity contribution is -0.890. The van der Waals surface area contributed by atoms with Gasteiger partial charge in [-0.15, -0.1) is 0 Å². The van der Waals surface area contributed by atoms with Crippen LogP contribution in [-0.2, 0) is 0 Å². The second-order valence-corrected chi connectivity index (χ2v) is 9.98. The van der Waals surface area contributed by atoms with Gasteiger partial charge in [0.2, 0.25) is 0 Å². The molecule has 0 aromatic heterocycles. The van der Waals surface area contributed by atoms with Crippen LogP contribution in [0.4, 0.5) is 43.9 Å². The van der Waals surface area contributed by atoms with Gasteiger partial charge in [0, 0.05) is 19.1 Å². The van der Waals surface area contributed by atoms with Gasteiger partial charge >= 0.3 is 0 Å². The van der Waals surface area contributed by atoms with E-state index in [2.05, 4.69) is 0 Å². The largest absolute Gasteiger partial charge is 0.507 e. The molecule has 0 N–H and O–H groups in total. The minimum absolute atomic E-state index is 0.0557. The normalized spacial score (nSPS) is 24.9. The zero-order chi connectivity index (χ0) is 25.4. The van der Waals surface area contributed by atoms with Gasteiger partial charge in [0.05, 0.1) is 0 Å². The van der Waals surface area contributed by atoms with E-state index < -0.39 is 91.6 Å². The number of rotatable bonds is 2. The zero-order valence-corrected chi connectivity index (χ0v) is 18.3. The highest BCUT2D eigenvalue weighted by Crippen LogP contribution is 2.58. The van der Waals surface area contributed by atoms with E-state index in [1.54, 1.807) is 0 Å². The van der Waals surface area contributed by atoms with Gasteiger partial charge in [-0.3, -0.25) is 0 Å². The number of benzene rings is 2. The predicted molar refractivity (Wildman–Crippen MR) is 107 cm³/mol. The molecular formula is C23H20BF10N. The molecule has 1 spiro atoms. The Morgan fingerprint density at radius 1 is 0.457 bits per heavy atom. The van der Waals surface area contributed by atoms with Crippen molar-refractivity contribution in [2.24, 2.45) is 0 Å². The lowest BCUT2D eigenvalue weighted by atomic mass is 9.10. The average Bonchev–Trinajstić information content (AvgIpc) is 2.88. The van der Waals surface area contributed by atoms with Crippen LogP contribution in [-0.4, -0.2) is 29.8 Å². The summed E-state index contributed by atoms with van der Waals surface area (Å²) < 4.78 is 147. The molecule has 190 valence electrons. The van der Waals surface area contributed by atoms with Gasteiger partial charge in [-0.2, -0.15) is 0 Å². The highest BCUT2D eigenvalue weighted by atomic mass is 19.2. The summed E-state index contributed by atoms with van der Waals surface area (Å²) in [7, 11) is 0. The molecule has 0 amide bonds. The fourth-order valence-electron chi connectivity index (χ4n) is 7.87. The first kappa shape index (κ1) is 24.5. The maximum Gasteiger partial charge on any atom is 0.284 e. The third-order valence-corrected chi connectivity index (χ3v) is 8.89. The SMILES string of the molecule is Fc1c(F)c(F)c([B-]2(c3c(F)c(F)c(F)c(F)c3F)[C@@H]3CCCC[C@H]3[N+]23CCCCC3)c(F)c1F. The Morgan fingerprint density at radius 2 is 0.829 bits per heavy atom. The molecule has 2 aromatic rings. The fourth-order valence-corrected chi connectivity index (χ4v) is 7.87. The summed E-state index contributed by atoms with van der Waals surface area (Å²) in [5, 5.41) is 0. The molecule has 2 aliphatic heterocycles. The van der Waals surface area contributed by atoms with E-state index in [1.807, 2.05) is 0 Å². The summed E-state index contributed by atoms with van der Waals surface area (Å²) >= 11 is 0. The third-order valence-electron chi connectivity index (χ3n) is 8.89. The molecule has 2 saturated heterocycles. The summed E-state index contributed by atoms with van der Waals surface area (Å²) in [5.74, 6) is -24.4. The second kappa shape index (κ2) is 8.14. The Morgan fingerprint density at radius 3 is 1.26 bits per heavy atom. The molecule has 2 atom stereocenters. The molecule has 12 heteroatoms. The summed E-state index contributed by atoms with van der Waals surface area (Å²) in [6.45, 7) is 0.111. The van der Waals surface area contributed by atoms with E-state index >= 15 is 17.6 Å². The molecule has 0 radical (unpaired) electrons. The van der Waals surface area contributed by atoms with Crippen LogP contribution in [0.15, 0.2) is 0 Å². The first-order valence-corrected chi connectivity index (χ1v) is 11.6. The van der Waals surface area contributed by atoms with Gasteiger partial charge in [-0.25, -0.2) is 43.9 Å². The molecule has 0 unspecified atom stereocenters. The Labute approximate surface area is 194 Å². The Hall–Kier alpha value is -2.24. The van der Waals surface area contributed by atoms with Gasteiger partial charge in [-0.1, -0.05) is 29.6 Å². The van der Waals surface area contributed by atoms with Crippen molar-refractivity contribution in [3.63, 3.8) is 0 Å². The van der Waals surface area contributed by atoms with Crippen molar-refractivity contribution >= 4 is 17.2 Å². The van der Waals surface area contributed by atoms with E-state index in [4.69, 9.17) is 0 Å². The third kappa shape index (κ3) is 2.83. The number of hydrogen-bond acceptors (Lipinski definition) is 0.